The van der Waals surface area contributed by atoms with Crippen LogP contribution in [0, 0.1) is 29.1 Å². The van der Waals surface area contributed by atoms with E-state index in [2.05, 4.69) is 25.9 Å². The molecule has 0 amide bonds. The zero-order valence-corrected chi connectivity index (χ0v) is 17.8. The minimum absolute atomic E-state index is 0.0645. The maximum absolute atomic E-state index is 11.3. The van der Waals surface area contributed by atoms with Gasteiger partial charge in [0.25, 0.3) is 0 Å². The van der Waals surface area contributed by atoms with Crippen molar-refractivity contribution >= 4 is 15.8 Å². The van der Waals surface area contributed by atoms with Crippen LogP contribution in [0.2, 0.25) is 0 Å². The second-order valence-electron chi connectivity index (χ2n) is 9.85. The summed E-state index contributed by atoms with van der Waals surface area (Å²) < 4.78 is 27.3. The van der Waals surface area contributed by atoms with Crippen molar-refractivity contribution in [1.29, 1.82) is 0 Å². The molecule has 6 atom stereocenters. The van der Waals surface area contributed by atoms with Gasteiger partial charge in [-0.15, -0.1) is 0 Å². The molecule has 4 rings (SSSR count). The third kappa shape index (κ3) is 3.07. The largest absolute Gasteiger partial charge is 0.390 e. The zero-order chi connectivity index (χ0) is 19.6. The molecule has 5 nitrogen and oxygen atoms in total. The minimum Gasteiger partial charge on any atom is -0.390 e. The van der Waals surface area contributed by atoms with Gasteiger partial charge >= 0.3 is 10.1 Å². The summed E-state index contributed by atoms with van der Waals surface area (Å²) in [4.78, 5) is 0. The monoisotopic (exact) mass is 395 g/mol. The SMILES string of the molecule is CC1=C2CC[C@@H]3[C@H](CC[C@@]4(C)[C@H]3CC[C@]4(C)O)[C@H]2CC/C1=N\OS(C)(=O)=O. The Bertz CT molecular complexity index is 797. The minimum atomic E-state index is -3.56. The molecule has 0 unspecified atom stereocenters. The first kappa shape index (κ1) is 19.4. The summed E-state index contributed by atoms with van der Waals surface area (Å²) in [6, 6.07) is 0. The Morgan fingerprint density at radius 3 is 2.52 bits per heavy atom. The zero-order valence-electron chi connectivity index (χ0n) is 17.0. The molecule has 0 aliphatic heterocycles. The Hall–Kier alpha value is -0.880. The van der Waals surface area contributed by atoms with Crippen LogP contribution in [0.25, 0.3) is 0 Å². The third-order valence-corrected chi connectivity index (χ3v) is 9.00. The molecule has 3 saturated carbocycles. The molecule has 3 fully saturated rings. The molecule has 27 heavy (non-hydrogen) atoms. The van der Waals surface area contributed by atoms with Gasteiger partial charge in [-0.2, -0.15) is 8.42 Å². The number of hydrogen-bond donors (Lipinski definition) is 1. The van der Waals surface area contributed by atoms with Gasteiger partial charge in [0.1, 0.15) is 0 Å². The lowest BCUT2D eigenvalue weighted by Gasteiger charge is -2.55. The first-order valence-corrected chi connectivity index (χ1v) is 12.2. The highest BCUT2D eigenvalue weighted by atomic mass is 32.2. The Kier molecular flexibility index (Phi) is 4.54. The Labute approximate surface area is 163 Å². The number of hydrogen-bond acceptors (Lipinski definition) is 5. The third-order valence-electron chi connectivity index (χ3n) is 8.66. The van der Waals surface area contributed by atoms with Crippen molar-refractivity contribution in [1.82, 2.24) is 0 Å². The summed E-state index contributed by atoms with van der Waals surface area (Å²) in [6.07, 6.45) is 9.53. The van der Waals surface area contributed by atoms with Gasteiger partial charge in [0.15, 0.2) is 0 Å². The van der Waals surface area contributed by atoms with E-state index in [9.17, 15) is 13.5 Å². The first-order valence-electron chi connectivity index (χ1n) is 10.4. The first-order chi connectivity index (χ1) is 12.5. The van der Waals surface area contributed by atoms with E-state index in [0.29, 0.717) is 23.7 Å². The van der Waals surface area contributed by atoms with Crippen LogP contribution in [0.4, 0.5) is 0 Å². The molecule has 4 aliphatic rings. The highest BCUT2D eigenvalue weighted by molar-refractivity contribution is 7.85. The van der Waals surface area contributed by atoms with E-state index in [-0.39, 0.29) is 5.41 Å². The lowest BCUT2D eigenvalue weighted by molar-refractivity contribution is -0.106. The number of aliphatic hydroxyl groups is 1. The van der Waals surface area contributed by atoms with E-state index in [1.54, 1.807) is 0 Å². The van der Waals surface area contributed by atoms with Crippen LogP contribution in [-0.2, 0) is 14.4 Å². The van der Waals surface area contributed by atoms with Gasteiger partial charge in [-0.05, 0) is 99.9 Å². The van der Waals surface area contributed by atoms with Gasteiger partial charge in [0.2, 0.25) is 0 Å². The van der Waals surface area contributed by atoms with Crippen molar-refractivity contribution in [3.63, 3.8) is 0 Å². The molecular formula is C21H33NO4S. The highest BCUT2D eigenvalue weighted by Crippen LogP contribution is 2.64. The molecule has 0 radical (unpaired) electrons. The molecule has 1 N–H and O–H groups in total. The Balaban J connectivity index is 1.59. The Morgan fingerprint density at radius 1 is 1.07 bits per heavy atom. The molecular weight excluding hydrogens is 362 g/mol. The van der Waals surface area contributed by atoms with E-state index < -0.39 is 15.7 Å². The number of oxime groups is 1. The van der Waals surface area contributed by atoms with Crippen LogP contribution in [0.5, 0.6) is 0 Å². The lowest BCUT2D eigenvalue weighted by Crippen LogP contribution is -2.51. The average Bonchev–Trinajstić information content (AvgIpc) is 2.83. The van der Waals surface area contributed by atoms with Crippen molar-refractivity contribution in [3.8, 4) is 0 Å². The molecule has 4 aliphatic carbocycles. The quantitative estimate of drug-likeness (QED) is 0.716. The fourth-order valence-corrected chi connectivity index (χ4v) is 7.21. The van der Waals surface area contributed by atoms with Gasteiger partial charge < -0.3 is 5.11 Å². The molecule has 0 saturated heterocycles. The van der Waals surface area contributed by atoms with Crippen LogP contribution >= 0.6 is 0 Å². The fraction of sp³-hybridized carbons (Fsp3) is 0.857. The summed E-state index contributed by atoms with van der Waals surface area (Å²) in [5.41, 5.74) is 2.97. The van der Waals surface area contributed by atoms with Gasteiger partial charge in [-0.3, -0.25) is 4.28 Å². The van der Waals surface area contributed by atoms with Crippen molar-refractivity contribution in [2.24, 2.45) is 34.2 Å². The average molecular weight is 396 g/mol. The van der Waals surface area contributed by atoms with Crippen LogP contribution in [0.1, 0.15) is 72.1 Å². The number of nitrogens with zero attached hydrogens (tertiary/aromatic N) is 1. The van der Waals surface area contributed by atoms with E-state index in [4.69, 9.17) is 4.28 Å². The predicted molar refractivity (Wildman–Crippen MR) is 106 cm³/mol. The maximum Gasteiger partial charge on any atom is 0.325 e. The second kappa shape index (κ2) is 6.31. The summed E-state index contributed by atoms with van der Waals surface area (Å²) in [5.74, 6) is 2.64. The molecule has 0 aromatic heterocycles. The fourth-order valence-electron chi connectivity index (χ4n) is 6.99. The topological polar surface area (TPSA) is 76.0 Å². The van der Waals surface area contributed by atoms with Gasteiger partial charge in [0.05, 0.1) is 17.6 Å². The molecule has 0 bridgehead atoms. The smallest absolute Gasteiger partial charge is 0.325 e. The molecule has 6 heteroatoms. The molecule has 152 valence electrons. The van der Waals surface area contributed by atoms with E-state index in [0.717, 1.165) is 56.1 Å². The molecule has 0 aromatic carbocycles. The summed E-state index contributed by atoms with van der Waals surface area (Å²) >= 11 is 0. The van der Waals surface area contributed by atoms with Crippen LogP contribution in [0.15, 0.2) is 16.3 Å². The number of allylic oxidation sites excluding steroid dienone is 2. The van der Waals surface area contributed by atoms with Crippen LogP contribution in [0.3, 0.4) is 0 Å². The van der Waals surface area contributed by atoms with Crippen molar-refractivity contribution in [2.75, 3.05) is 6.26 Å². The van der Waals surface area contributed by atoms with Gasteiger partial charge in [0, 0.05) is 0 Å². The van der Waals surface area contributed by atoms with Gasteiger partial charge in [-0.25, -0.2) is 0 Å². The summed E-state index contributed by atoms with van der Waals surface area (Å²) in [7, 11) is -3.56. The van der Waals surface area contributed by atoms with E-state index in [1.807, 2.05) is 0 Å². The summed E-state index contributed by atoms with van der Waals surface area (Å²) in [6.45, 7) is 6.46. The highest BCUT2D eigenvalue weighted by Gasteiger charge is 2.60. The van der Waals surface area contributed by atoms with Crippen molar-refractivity contribution < 1.29 is 17.8 Å². The van der Waals surface area contributed by atoms with Crippen LogP contribution < -0.4 is 0 Å². The van der Waals surface area contributed by atoms with E-state index in [1.165, 1.54) is 18.4 Å². The Morgan fingerprint density at radius 2 is 1.81 bits per heavy atom. The number of fused-ring (bicyclic) bond motifs is 5. The van der Waals surface area contributed by atoms with Crippen molar-refractivity contribution in [3.05, 3.63) is 11.1 Å². The second-order valence-corrected chi connectivity index (χ2v) is 11.4. The maximum atomic E-state index is 11.3. The van der Waals surface area contributed by atoms with Crippen molar-refractivity contribution in [2.45, 2.75) is 77.7 Å². The normalized spacial score (nSPS) is 46.0. The molecule has 0 aromatic rings. The van der Waals surface area contributed by atoms with Crippen LogP contribution in [-0.4, -0.2) is 31.1 Å². The number of rotatable bonds is 2. The van der Waals surface area contributed by atoms with E-state index >= 15 is 0 Å². The van der Waals surface area contributed by atoms with Gasteiger partial charge in [-0.1, -0.05) is 17.7 Å². The lowest BCUT2D eigenvalue weighted by atomic mass is 9.50. The summed E-state index contributed by atoms with van der Waals surface area (Å²) in [5, 5.41) is 14.9. The standard InChI is InChI=1S/C21H33NO4S/c1-13-14-5-6-17-16(9-11-20(2)18(17)10-12-21(20,3)23)15(14)7-8-19(13)22-26-27(4,24)25/h15-18,23H,5-12H2,1-4H3/b22-19+/t15-,16+,17+,18-,20-,21-/m0/s1. The molecule has 0 heterocycles. The molecule has 0 spiro atoms. The predicted octanol–water partition coefficient (Wildman–Crippen LogP) is 4.03.